The van der Waals surface area contributed by atoms with Gasteiger partial charge in [0.2, 0.25) is 5.56 Å². The molecule has 0 saturated heterocycles. The molecule has 0 spiro atoms. The fraction of sp³-hybridized carbons (Fsp3) is 0.476. The molecule has 1 aromatic heterocycles. The van der Waals surface area contributed by atoms with Gasteiger partial charge in [-0.1, -0.05) is 0 Å². The van der Waals surface area contributed by atoms with Crippen LogP contribution in [0.25, 0.3) is 10.9 Å². The first-order valence-electron chi connectivity index (χ1n) is 9.45. The summed E-state index contributed by atoms with van der Waals surface area (Å²) in [5.74, 6) is -1.43. The zero-order valence-corrected chi connectivity index (χ0v) is 16.8. The number of carbonyl (C=O) groups is 2. The zero-order valence-electron chi connectivity index (χ0n) is 16.8. The van der Waals surface area contributed by atoms with E-state index in [1.807, 2.05) is 13.0 Å². The number of fused-ring (bicyclic) bond motifs is 1. The molecule has 0 atom stereocenters. The number of ether oxygens (including phenoxy) is 3. The molecule has 2 rings (SSSR count). The lowest BCUT2D eigenvalue weighted by molar-refractivity contribution is -0.161. The van der Waals surface area contributed by atoms with Gasteiger partial charge in [0, 0.05) is 11.5 Å². The van der Waals surface area contributed by atoms with Crippen LogP contribution in [-0.4, -0.2) is 37.2 Å². The van der Waals surface area contributed by atoms with Crippen molar-refractivity contribution >= 4 is 22.8 Å². The Labute approximate surface area is 164 Å². The van der Waals surface area contributed by atoms with E-state index in [0.29, 0.717) is 30.5 Å². The van der Waals surface area contributed by atoms with Gasteiger partial charge >= 0.3 is 11.9 Å². The number of H-pyrrole nitrogens is 1. The van der Waals surface area contributed by atoms with Crippen molar-refractivity contribution in [2.75, 3.05) is 20.3 Å². The van der Waals surface area contributed by atoms with Gasteiger partial charge < -0.3 is 19.2 Å². The monoisotopic (exact) mass is 389 g/mol. The normalized spacial score (nSPS) is 10.9. The molecular weight excluding hydrogens is 362 g/mol. The second-order valence-electron chi connectivity index (χ2n) is 6.43. The predicted octanol–water partition coefficient (Wildman–Crippen LogP) is 2.91. The van der Waals surface area contributed by atoms with Gasteiger partial charge in [-0.2, -0.15) is 0 Å². The number of hydrogen-bond acceptors (Lipinski definition) is 6. The van der Waals surface area contributed by atoms with Gasteiger partial charge in [-0.15, -0.1) is 0 Å². The summed E-state index contributed by atoms with van der Waals surface area (Å²) < 4.78 is 15.4. The highest BCUT2D eigenvalue weighted by molar-refractivity contribution is 5.95. The first-order chi connectivity index (χ1) is 13.4. The van der Waals surface area contributed by atoms with Crippen molar-refractivity contribution in [3.63, 3.8) is 0 Å². The van der Waals surface area contributed by atoms with E-state index >= 15 is 0 Å². The molecule has 0 aliphatic rings. The molecule has 152 valence electrons. The molecule has 0 fully saturated rings. The van der Waals surface area contributed by atoms with E-state index in [9.17, 15) is 14.4 Å². The number of carbonyl (C=O) groups excluding carboxylic acids is 2. The molecule has 0 amide bonds. The smallest absolute Gasteiger partial charge is 0.320 e. The van der Waals surface area contributed by atoms with E-state index in [2.05, 4.69) is 4.98 Å². The van der Waals surface area contributed by atoms with Crippen LogP contribution < -0.4 is 10.3 Å². The second-order valence-corrected chi connectivity index (χ2v) is 6.43. The van der Waals surface area contributed by atoms with Crippen molar-refractivity contribution in [1.82, 2.24) is 4.98 Å². The van der Waals surface area contributed by atoms with Crippen molar-refractivity contribution in [1.29, 1.82) is 0 Å². The third-order valence-electron chi connectivity index (χ3n) is 4.60. The Morgan fingerprint density at radius 1 is 1.11 bits per heavy atom. The van der Waals surface area contributed by atoms with Gasteiger partial charge in [-0.05, 0) is 63.3 Å². The van der Waals surface area contributed by atoms with Gasteiger partial charge in [-0.25, -0.2) is 0 Å². The number of esters is 2. The molecular formula is C21H27NO6. The zero-order chi connectivity index (χ0) is 20.7. The minimum atomic E-state index is -0.926. The Bertz CT molecular complexity index is 884. The number of benzene rings is 1. The van der Waals surface area contributed by atoms with E-state index in [4.69, 9.17) is 14.2 Å². The van der Waals surface area contributed by atoms with Crippen LogP contribution in [0.15, 0.2) is 23.0 Å². The maximum absolute atomic E-state index is 12.1. The maximum Gasteiger partial charge on any atom is 0.320 e. The van der Waals surface area contributed by atoms with Gasteiger partial charge in [0.1, 0.15) is 5.75 Å². The van der Waals surface area contributed by atoms with Crippen LogP contribution in [0.5, 0.6) is 5.75 Å². The van der Waals surface area contributed by atoms with Crippen LogP contribution in [0.4, 0.5) is 0 Å². The lowest BCUT2D eigenvalue weighted by Gasteiger charge is -2.16. The molecule has 0 unspecified atom stereocenters. The molecule has 1 N–H and O–H groups in total. The highest BCUT2D eigenvalue weighted by Gasteiger charge is 2.29. The number of pyridine rings is 1. The number of hydrogen-bond donors (Lipinski definition) is 1. The molecule has 0 radical (unpaired) electrons. The number of methoxy groups -OCH3 is 1. The van der Waals surface area contributed by atoms with E-state index in [1.54, 1.807) is 27.0 Å². The Hall–Kier alpha value is -2.83. The van der Waals surface area contributed by atoms with E-state index in [0.717, 1.165) is 16.5 Å². The fourth-order valence-electron chi connectivity index (χ4n) is 3.28. The summed E-state index contributed by atoms with van der Waals surface area (Å²) >= 11 is 0. The summed E-state index contributed by atoms with van der Waals surface area (Å²) in [6, 6.07) is 5.12. The van der Waals surface area contributed by atoms with Gasteiger partial charge in [0.15, 0.2) is 5.92 Å². The Balaban J connectivity index is 2.24. The van der Waals surface area contributed by atoms with Crippen molar-refractivity contribution in [2.24, 2.45) is 5.92 Å². The Kier molecular flexibility index (Phi) is 7.61. The van der Waals surface area contributed by atoms with Crippen LogP contribution >= 0.6 is 0 Å². The lowest BCUT2D eigenvalue weighted by atomic mass is 9.94. The minimum absolute atomic E-state index is 0.203. The standard InChI is InChI=1S/C21H27NO6/c1-5-27-20(24)16(21(25)28-6-2)9-7-8-14-13(3)12-17(26-4)19-15(14)10-11-18(23)22-19/h10-12,16H,5-9H2,1-4H3,(H,22,23). The van der Waals surface area contributed by atoms with Gasteiger partial charge in [-0.3, -0.25) is 14.4 Å². The summed E-state index contributed by atoms with van der Waals surface area (Å²) in [4.78, 5) is 38.8. The average molecular weight is 389 g/mol. The van der Waals surface area contributed by atoms with Crippen LogP contribution in [0.1, 0.15) is 37.8 Å². The number of nitrogens with one attached hydrogen (secondary N) is 1. The SMILES string of the molecule is CCOC(=O)C(CCCc1c(C)cc(OC)c2[nH]c(=O)ccc12)C(=O)OCC. The van der Waals surface area contributed by atoms with E-state index in [1.165, 1.54) is 6.07 Å². The first kappa shape index (κ1) is 21.5. The minimum Gasteiger partial charge on any atom is -0.495 e. The summed E-state index contributed by atoms with van der Waals surface area (Å²) in [5, 5.41) is 0.889. The summed E-state index contributed by atoms with van der Waals surface area (Å²) in [7, 11) is 1.56. The molecule has 0 bridgehead atoms. The molecule has 1 aromatic carbocycles. The van der Waals surface area contributed by atoms with Crippen LogP contribution in [-0.2, 0) is 25.5 Å². The Morgan fingerprint density at radius 2 is 1.75 bits per heavy atom. The molecule has 0 aliphatic heterocycles. The second kappa shape index (κ2) is 9.92. The van der Waals surface area contributed by atoms with Crippen molar-refractivity contribution in [2.45, 2.75) is 40.0 Å². The Morgan fingerprint density at radius 3 is 2.32 bits per heavy atom. The molecule has 2 aromatic rings. The van der Waals surface area contributed by atoms with E-state index < -0.39 is 17.9 Å². The van der Waals surface area contributed by atoms with Crippen molar-refractivity contribution in [3.05, 3.63) is 39.7 Å². The van der Waals surface area contributed by atoms with Crippen LogP contribution in [0, 0.1) is 12.8 Å². The number of aromatic amines is 1. The van der Waals surface area contributed by atoms with Crippen LogP contribution in [0.3, 0.4) is 0 Å². The summed E-state index contributed by atoms with van der Waals surface area (Å²) in [6.45, 7) is 5.80. The highest BCUT2D eigenvalue weighted by atomic mass is 16.6. The third kappa shape index (κ3) is 4.91. The van der Waals surface area contributed by atoms with Crippen LogP contribution in [0.2, 0.25) is 0 Å². The largest absolute Gasteiger partial charge is 0.495 e. The molecule has 0 saturated carbocycles. The predicted molar refractivity (Wildman–Crippen MR) is 106 cm³/mol. The molecule has 1 heterocycles. The lowest BCUT2D eigenvalue weighted by Crippen LogP contribution is -2.28. The van der Waals surface area contributed by atoms with Crippen molar-refractivity contribution in [3.8, 4) is 5.75 Å². The summed E-state index contributed by atoms with van der Waals surface area (Å²) in [5.41, 5.74) is 2.49. The summed E-state index contributed by atoms with van der Waals surface area (Å²) in [6.07, 6.45) is 1.55. The fourth-order valence-corrected chi connectivity index (χ4v) is 3.28. The molecule has 28 heavy (non-hydrogen) atoms. The quantitative estimate of drug-likeness (QED) is 0.523. The molecule has 0 aliphatic carbocycles. The number of rotatable bonds is 9. The maximum atomic E-state index is 12.1. The topological polar surface area (TPSA) is 94.7 Å². The van der Waals surface area contributed by atoms with Gasteiger partial charge in [0.25, 0.3) is 0 Å². The third-order valence-corrected chi connectivity index (χ3v) is 4.60. The first-order valence-corrected chi connectivity index (χ1v) is 9.45. The van der Waals surface area contributed by atoms with Crippen molar-refractivity contribution < 1.29 is 23.8 Å². The number of aromatic nitrogens is 1. The van der Waals surface area contributed by atoms with E-state index in [-0.39, 0.29) is 18.8 Å². The molecule has 7 nitrogen and oxygen atoms in total. The average Bonchev–Trinajstić information content (AvgIpc) is 2.66. The highest BCUT2D eigenvalue weighted by Crippen LogP contribution is 2.30. The number of aryl methyl sites for hydroxylation is 2. The van der Waals surface area contributed by atoms with Gasteiger partial charge in [0.05, 0.1) is 25.8 Å². The molecule has 7 heteroatoms.